The van der Waals surface area contributed by atoms with Crippen LogP contribution in [-0.2, 0) is 27.6 Å². The fraction of sp³-hybridized carbons (Fsp3) is 0.409. The molecule has 1 aromatic heterocycles. The van der Waals surface area contributed by atoms with Crippen molar-refractivity contribution in [2.75, 3.05) is 25.0 Å². The Kier molecular flexibility index (Phi) is 10.9. The first-order valence-electron chi connectivity index (χ1n) is 10.9. The van der Waals surface area contributed by atoms with Gasteiger partial charge in [0.15, 0.2) is 30.0 Å². The van der Waals surface area contributed by atoms with E-state index in [1.165, 1.54) is 24.7 Å². The molecule has 0 saturated carbocycles. The summed E-state index contributed by atoms with van der Waals surface area (Å²) in [7, 11) is -0.488. The second kappa shape index (κ2) is 13.2. The predicted molar refractivity (Wildman–Crippen MR) is 130 cm³/mol. The van der Waals surface area contributed by atoms with Gasteiger partial charge in [-0.1, -0.05) is 18.5 Å². The molecule has 1 aliphatic heterocycles. The molecule has 1 fully saturated rings. The number of amides is 1. The molecule has 3 atom stereocenters. The van der Waals surface area contributed by atoms with Crippen molar-refractivity contribution in [2.45, 2.75) is 36.9 Å². The summed E-state index contributed by atoms with van der Waals surface area (Å²) in [5.74, 6) is -5.46. The van der Waals surface area contributed by atoms with Crippen molar-refractivity contribution < 1.29 is 36.2 Å². The molecule has 2 aromatic rings. The Hall–Kier alpha value is -2.65. The van der Waals surface area contributed by atoms with E-state index >= 15 is 4.39 Å². The highest BCUT2D eigenvalue weighted by Gasteiger charge is 2.41. The monoisotopic (exact) mass is 567 g/mol. The Morgan fingerprint density at radius 3 is 2.35 bits per heavy atom. The molecule has 1 saturated heterocycles. The van der Waals surface area contributed by atoms with E-state index in [2.05, 4.69) is 15.5 Å². The van der Waals surface area contributed by atoms with Crippen molar-refractivity contribution >= 4 is 46.8 Å². The van der Waals surface area contributed by atoms with Crippen molar-refractivity contribution in [3.05, 3.63) is 46.5 Å². The number of hydrogen-bond donors (Lipinski definition) is 3. The Morgan fingerprint density at radius 1 is 1.24 bits per heavy atom. The minimum absolute atomic E-state index is 0.0469. The first-order valence-corrected chi connectivity index (χ1v) is 12.4. The van der Waals surface area contributed by atoms with Crippen LogP contribution >= 0.6 is 11.6 Å². The van der Waals surface area contributed by atoms with Gasteiger partial charge in [0.05, 0.1) is 16.0 Å². The summed E-state index contributed by atoms with van der Waals surface area (Å²) in [6, 6.07) is 0.512. The number of piperidine rings is 1. The lowest BCUT2D eigenvalue weighted by Crippen LogP contribution is -2.60. The average molecular weight is 568 g/mol. The van der Waals surface area contributed by atoms with E-state index in [1.54, 1.807) is 5.01 Å². The van der Waals surface area contributed by atoms with Crippen LogP contribution < -0.4 is 15.5 Å². The third-order valence-corrected chi connectivity index (χ3v) is 7.05. The SMILES string of the molecule is CCNN1CCC(NS(=O)c2cn(C)c(C(=O)Nc3cc(F)c(F)c(F)c3)c2Cl)C(C)(F)C1.O=CC=O. The van der Waals surface area contributed by atoms with Crippen molar-refractivity contribution in [3.63, 3.8) is 0 Å². The lowest BCUT2D eigenvalue weighted by Gasteiger charge is -2.41. The summed E-state index contributed by atoms with van der Waals surface area (Å²) in [6.45, 7) is 4.61. The number of rotatable bonds is 8. The van der Waals surface area contributed by atoms with Crippen LogP contribution in [-0.4, -0.2) is 63.6 Å². The number of carbonyl (C=O) groups is 3. The molecule has 1 amide bonds. The molecule has 0 bridgehead atoms. The predicted octanol–water partition coefficient (Wildman–Crippen LogP) is 2.67. The van der Waals surface area contributed by atoms with E-state index in [0.29, 0.717) is 31.6 Å². The van der Waals surface area contributed by atoms with E-state index in [-0.39, 0.29) is 40.4 Å². The molecule has 9 nitrogen and oxygen atoms in total. The maximum absolute atomic E-state index is 15.2. The Balaban J connectivity index is 0.00000112. The average Bonchev–Trinajstić information content (AvgIpc) is 3.13. The molecule has 1 aliphatic rings. The van der Waals surface area contributed by atoms with Crippen molar-refractivity contribution in [3.8, 4) is 0 Å². The van der Waals surface area contributed by atoms with Gasteiger partial charge in [-0.25, -0.2) is 31.5 Å². The summed E-state index contributed by atoms with van der Waals surface area (Å²) in [5, 5.41) is 3.82. The summed E-state index contributed by atoms with van der Waals surface area (Å²) in [6.07, 6.45) is 2.11. The summed E-state index contributed by atoms with van der Waals surface area (Å²) >= 11 is 6.29. The number of carbonyl (C=O) groups excluding carboxylic acids is 3. The molecule has 2 heterocycles. The highest BCUT2D eigenvalue weighted by atomic mass is 35.5. The number of hydrogen-bond acceptors (Lipinski definition) is 6. The standard InChI is InChI=1S/C20H24ClF4N5O2S.C2H2O2/c1-4-26-30-6-5-15(20(2,25)10-30)28-33(32)14-9-29(3)18(16(14)21)19(31)27-11-7-12(22)17(24)13(23)8-11;3-1-2-4/h7-9,15,26,28H,4-6,10H2,1-3H3,(H,27,31);1-2H. The first-order chi connectivity index (χ1) is 17.4. The first kappa shape index (κ1) is 30.6. The quantitative estimate of drug-likeness (QED) is 0.196. The van der Waals surface area contributed by atoms with Gasteiger partial charge in [-0.2, -0.15) is 0 Å². The van der Waals surface area contributed by atoms with E-state index < -0.39 is 46.1 Å². The van der Waals surface area contributed by atoms with Crippen molar-refractivity contribution in [1.29, 1.82) is 0 Å². The van der Waals surface area contributed by atoms with Gasteiger partial charge >= 0.3 is 0 Å². The Labute approximate surface area is 218 Å². The molecule has 37 heavy (non-hydrogen) atoms. The topological polar surface area (TPSA) is 113 Å². The molecular formula is C22H26ClF4N5O4S. The molecule has 15 heteroatoms. The molecule has 0 spiro atoms. The number of benzene rings is 1. The Morgan fingerprint density at radius 2 is 1.84 bits per heavy atom. The van der Waals surface area contributed by atoms with Gasteiger partial charge in [-0.15, -0.1) is 0 Å². The van der Waals surface area contributed by atoms with E-state index in [1.807, 2.05) is 6.92 Å². The lowest BCUT2D eigenvalue weighted by molar-refractivity contribution is -0.122. The van der Waals surface area contributed by atoms with Gasteiger partial charge in [-0.3, -0.25) is 19.8 Å². The van der Waals surface area contributed by atoms with E-state index in [0.717, 1.165) is 0 Å². The second-order valence-electron chi connectivity index (χ2n) is 8.19. The molecule has 204 valence electrons. The normalized spacial score (nSPS) is 20.5. The lowest BCUT2D eigenvalue weighted by atomic mass is 9.92. The van der Waals surface area contributed by atoms with Gasteiger partial charge in [0, 0.05) is 50.7 Å². The highest BCUT2D eigenvalue weighted by Crippen LogP contribution is 2.30. The van der Waals surface area contributed by atoms with Crippen molar-refractivity contribution in [2.24, 2.45) is 7.05 Å². The zero-order valence-electron chi connectivity index (χ0n) is 20.1. The summed E-state index contributed by atoms with van der Waals surface area (Å²) in [4.78, 5) is 30.3. The maximum atomic E-state index is 15.2. The highest BCUT2D eigenvalue weighted by molar-refractivity contribution is 7.83. The minimum atomic E-state index is -1.95. The van der Waals surface area contributed by atoms with E-state index in [4.69, 9.17) is 21.2 Å². The fourth-order valence-electron chi connectivity index (χ4n) is 3.66. The number of aromatic nitrogens is 1. The van der Waals surface area contributed by atoms with E-state index in [9.17, 15) is 22.2 Å². The minimum Gasteiger partial charge on any atom is -0.344 e. The second-order valence-corrected chi connectivity index (χ2v) is 9.78. The third kappa shape index (κ3) is 7.68. The van der Waals surface area contributed by atoms with Gasteiger partial charge < -0.3 is 9.88 Å². The number of halogens is 5. The number of aryl methyl sites for hydroxylation is 1. The third-order valence-electron chi connectivity index (χ3n) is 5.35. The van der Waals surface area contributed by atoms with Crippen molar-refractivity contribution in [1.82, 2.24) is 19.7 Å². The van der Waals surface area contributed by atoms with Crippen LogP contribution in [0.3, 0.4) is 0 Å². The van der Waals surface area contributed by atoms with Gasteiger partial charge in [0.25, 0.3) is 5.91 Å². The van der Waals surface area contributed by atoms with Crippen LogP contribution in [0.1, 0.15) is 30.8 Å². The smallest absolute Gasteiger partial charge is 0.273 e. The van der Waals surface area contributed by atoms with Crippen LogP contribution in [0.25, 0.3) is 0 Å². The number of hydrazine groups is 1. The molecule has 0 radical (unpaired) electrons. The zero-order chi connectivity index (χ0) is 27.9. The molecule has 3 rings (SSSR count). The maximum Gasteiger partial charge on any atom is 0.273 e. The Bertz CT molecular complexity index is 1150. The number of nitrogens with zero attached hydrogens (tertiary/aromatic N) is 2. The molecule has 3 unspecified atom stereocenters. The summed E-state index contributed by atoms with van der Waals surface area (Å²) < 4.78 is 72.1. The largest absolute Gasteiger partial charge is 0.344 e. The molecule has 3 N–H and O–H groups in total. The fourth-order valence-corrected chi connectivity index (χ4v) is 5.40. The number of alkyl halides is 1. The van der Waals surface area contributed by atoms with Crippen LogP contribution in [0.5, 0.6) is 0 Å². The molecular weight excluding hydrogens is 542 g/mol. The van der Waals surface area contributed by atoms with Gasteiger partial charge in [-0.05, 0) is 13.3 Å². The molecule has 0 aliphatic carbocycles. The number of aldehydes is 2. The van der Waals surface area contributed by atoms with Gasteiger partial charge in [0.1, 0.15) is 22.3 Å². The zero-order valence-corrected chi connectivity index (χ0v) is 21.7. The van der Waals surface area contributed by atoms with Crippen LogP contribution in [0.2, 0.25) is 5.02 Å². The van der Waals surface area contributed by atoms with Crippen LogP contribution in [0, 0.1) is 17.5 Å². The molecule has 1 aromatic carbocycles. The number of nitrogens with one attached hydrogen (secondary N) is 3. The van der Waals surface area contributed by atoms with Gasteiger partial charge in [0.2, 0.25) is 0 Å². The number of anilines is 1. The van der Waals surface area contributed by atoms with Crippen LogP contribution in [0.4, 0.5) is 23.2 Å². The summed E-state index contributed by atoms with van der Waals surface area (Å²) in [5.41, 5.74) is 0.909. The van der Waals surface area contributed by atoms with Crippen LogP contribution in [0.15, 0.2) is 23.2 Å².